The number of hydrogen-bond donors (Lipinski definition) is 1. The number of guanidine groups is 1. The molecule has 2 N–H and O–H groups in total. The molecular weight excluding hydrogens is 355 g/mol. The third-order valence-electron chi connectivity index (χ3n) is 4.31. The number of aryl methyl sites for hydroxylation is 1. The molecule has 144 valence electrons. The molecule has 1 aromatic heterocycles. The summed E-state index contributed by atoms with van der Waals surface area (Å²) in [6.07, 6.45) is -0.0884. The van der Waals surface area contributed by atoms with Crippen molar-refractivity contribution >= 4 is 11.9 Å². The Morgan fingerprint density at radius 2 is 2.19 bits per heavy atom. The lowest BCUT2D eigenvalue weighted by Gasteiger charge is -2.24. The Morgan fingerprint density at radius 1 is 1.44 bits per heavy atom. The second kappa shape index (κ2) is 6.99. The van der Waals surface area contributed by atoms with Gasteiger partial charge in [-0.1, -0.05) is 6.07 Å². The fourth-order valence-corrected chi connectivity index (χ4v) is 2.99. The van der Waals surface area contributed by atoms with Crippen LogP contribution in [0.1, 0.15) is 29.6 Å². The van der Waals surface area contributed by atoms with Crippen LogP contribution in [0, 0.1) is 6.92 Å². The van der Waals surface area contributed by atoms with E-state index < -0.39 is 11.9 Å². The lowest BCUT2D eigenvalue weighted by atomic mass is 9.86. The fraction of sp³-hybridized carbons (Fsp3) is 0.389. The Kier molecular flexibility index (Phi) is 4.88. The molecule has 2 unspecified atom stereocenters. The largest absolute Gasteiger partial charge is 0.460 e. The van der Waals surface area contributed by atoms with Crippen molar-refractivity contribution in [3.63, 3.8) is 0 Å². The van der Waals surface area contributed by atoms with Crippen LogP contribution in [0.15, 0.2) is 33.9 Å². The molecule has 2 aromatic rings. The summed E-state index contributed by atoms with van der Waals surface area (Å²) in [6.45, 7) is 3.20. The molecule has 0 saturated carbocycles. The normalized spacial score (nSPS) is 20.7. The number of hydrogen-bond acceptors (Lipinski definition) is 7. The molecule has 0 radical (unpaired) electrons. The van der Waals surface area contributed by atoms with Crippen LogP contribution in [0.3, 0.4) is 0 Å². The monoisotopic (exact) mass is 376 g/mol. The first-order valence-corrected chi connectivity index (χ1v) is 8.28. The van der Waals surface area contributed by atoms with E-state index in [2.05, 4.69) is 9.98 Å². The average Bonchev–Trinajstić information content (AvgIpc) is 3.16. The minimum atomic E-state index is -1.49. The van der Waals surface area contributed by atoms with Crippen LogP contribution in [0.5, 0.6) is 5.75 Å². The molecule has 1 amide bonds. The molecule has 0 aliphatic carbocycles. The molecule has 0 bridgehead atoms. The van der Waals surface area contributed by atoms with Gasteiger partial charge in [-0.05, 0) is 30.2 Å². The Bertz CT molecular complexity index is 895. The summed E-state index contributed by atoms with van der Waals surface area (Å²) in [5.41, 5.74) is 5.89. The summed E-state index contributed by atoms with van der Waals surface area (Å²) in [4.78, 5) is 23.1. The minimum absolute atomic E-state index is 0.0617. The summed E-state index contributed by atoms with van der Waals surface area (Å²) >= 11 is 0. The number of alkyl halides is 1. The maximum absolute atomic E-state index is 13.2. The van der Waals surface area contributed by atoms with Crippen molar-refractivity contribution in [3.8, 4) is 5.75 Å². The molecule has 27 heavy (non-hydrogen) atoms. The number of halogens is 1. The number of carbonyl (C=O) groups is 1. The summed E-state index contributed by atoms with van der Waals surface area (Å²) in [6, 6.07) is 4.94. The standard InChI is InChI=1S/C18H21FN4O4/c1-10-7-12(5-6-13(10)27-11(2)19)18(16(24)23(3)17(20)22-18)14-8-26-15(21-14)9-25-4/h5-8,11H,9H2,1-4H3,(H2,20,22). The van der Waals surface area contributed by atoms with E-state index in [0.717, 1.165) is 0 Å². The number of aromatic nitrogens is 1. The number of oxazole rings is 1. The van der Waals surface area contributed by atoms with Gasteiger partial charge >= 0.3 is 0 Å². The topological polar surface area (TPSA) is 103 Å². The number of rotatable bonds is 6. The smallest absolute Gasteiger partial charge is 0.268 e. The van der Waals surface area contributed by atoms with Crippen LogP contribution in [0.4, 0.5) is 4.39 Å². The number of ether oxygens (including phenoxy) is 2. The van der Waals surface area contributed by atoms with Crippen LogP contribution < -0.4 is 10.5 Å². The van der Waals surface area contributed by atoms with E-state index in [4.69, 9.17) is 19.6 Å². The van der Waals surface area contributed by atoms with Gasteiger partial charge in [-0.25, -0.2) is 14.4 Å². The molecule has 2 atom stereocenters. The van der Waals surface area contributed by atoms with Gasteiger partial charge in [0.05, 0.1) is 0 Å². The second-order valence-electron chi connectivity index (χ2n) is 6.25. The van der Waals surface area contributed by atoms with E-state index >= 15 is 0 Å². The fourth-order valence-electron chi connectivity index (χ4n) is 2.99. The zero-order chi connectivity index (χ0) is 19.8. The van der Waals surface area contributed by atoms with Crippen LogP contribution in [-0.2, 0) is 21.7 Å². The van der Waals surface area contributed by atoms with Gasteiger partial charge in [0.25, 0.3) is 5.91 Å². The van der Waals surface area contributed by atoms with E-state index in [1.807, 2.05) is 0 Å². The van der Waals surface area contributed by atoms with Gasteiger partial charge in [-0.2, -0.15) is 0 Å². The first-order valence-electron chi connectivity index (χ1n) is 8.28. The number of amides is 1. The van der Waals surface area contributed by atoms with Crippen LogP contribution in [-0.4, -0.2) is 42.3 Å². The summed E-state index contributed by atoms with van der Waals surface area (Å²) in [7, 11) is 3.05. The van der Waals surface area contributed by atoms with Crippen molar-refractivity contribution < 1.29 is 23.1 Å². The highest BCUT2D eigenvalue weighted by atomic mass is 19.1. The molecule has 0 saturated heterocycles. The number of nitrogens with zero attached hydrogens (tertiary/aromatic N) is 3. The molecule has 9 heteroatoms. The summed E-state index contributed by atoms with van der Waals surface area (Å²) in [5, 5.41) is 0. The molecular formula is C18H21FN4O4. The maximum Gasteiger partial charge on any atom is 0.268 e. The van der Waals surface area contributed by atoms with Crippen molar-refractivity contribution in [2.24, 2.45) is 10.7 Å². The number of benzene rings is 1. The van der Waals surface area contributed by atoms with E-state index in [1.165, 1.54) is 32.2 Å². The molecule has 8 nitrogen and oxygen atoms in total. The third-order valence-corrected chi connectivity index (χ3v) is 4.31. The number of aliphatic imine (C=N–C) groups is 1. The number of carbonyl (C=O) groups excluding carboxylic acids is 1. The first-order chi connectivity index (χ1) is 12.8. The highest BCUT2D eigenvalue weighted by Crippen LogP contribution is 2.40. The Hall–Kier alpha value is -2.94. The Labute approximate surface area is 155 Å². The third kappa shape index (κ3) is 3.14. The van der Waals surface area contributed by atoms with E-state index in [0.29, 0.717) is 28.5 Å². The van der Waals surface area contributed by atoms with E-state index in [1.54, 1.807) is 25.1 Å². The SMILES string of the molecule is COCc1nc(C2(c3ccc(OC(C)F)c(C)c3)N=C(N)N(C)C2=O)co1. The van der Waals surface area contributed by atoms with Gasteiger partial charge in [0.2, 0.25) is 17.8 Å². The van der Waals surface area contributed by atoms with Crippen LogP contribution in [0.25, 0.3) is 0 Å². The minimum Gasteiger partial charge on any atom is -0.460 e. The zero-order valence-electron chi connectivity index (χ0n) is 15.5. The maximum atomic E-state index is 13.2. The number of likely N-dealkylation sites (N-methyl/N-ethyl adjacent to an activating group) is 1. The molecule has 1 aliphatic rings. The van der Waals surface area contributed by atoms with Crippen molar-refractivity contribution in [3.05, 3.63) is 47.2 Å². The molecule has 1 aromatic carbocycles. The van der Waals surface area contributed by atoms with Gasteiger partial charge in [0, 0.05) is 21.1 Å². The molecule has 0 spiro atoms. The van der Waals surface area contributed by atoms with E-state index in [9.17, 15) is 9.18 Å². The Balaban J connectivity index is 2.14. The second-order valence-corrected chi connectivity index (χ2v) is 6.25. The van der Waals surface area contributed by atoms with Gasteiger partial charge in [-0.3, -0.25) is 9.69 Å². The molecule has 3 rings (SSSR count). The highest BCUT2D eigenvalue weighted by Gasteiger charge is 2.51. The van der Waals surface area contributed by atoms with E-state index in [-0.39, 0.29) is 18.5 Å². The lowest BCUT2D eigenvalue weighted by Crippen LogP contribution is -2.41. The highest BCUT2D eigenvalue weighted by molar-refractivity contribution is 6.08. The van der Waals surface area contributed by atoms with Crippen molar-refractivity contribution in [1.29, 1.82) is 0 Å². The summed E-state index contributed by atoms with van der Waals surface area (Å²) < 4.78 is 28.7. The number of nitrogens with two attached hydrogens (primary N) is 1. The molecule has 1 aliphatic heterocycles. The van der Waals surface area contributed by atoms with Crippen molar-refractivity contribution in [2.75, 3.05) is 14.2 Å². The van der Waals surface area contributed by atoms with Gasteiger partial charge in [-0.15, -0.1) is 0 Å². The zero-order valence-corrected chi connectivity index (χ0v) is 15.5. The van der Waals surface area contributed by atoms with Gasteiger partial charge in [0.1, 0.15) is 24.3 Å². The molecule has 0 fully saturated rings. The lowest BCUT2D eigenvalue weighted by molar-refractivity contribution is -0.129. The van der Waals surface area contributed by atoms with Crippen molar-refractivity contribution in [2.45, 2.75) is 32.4 Å². The first kappa shape index (κ1) is 18.8. The summed E-state index contributed by atoms with van der Waals surface area (Å²) in [5.74, 6) is 0.377. The predicted molar refractivity (Wildman–Crippen MR) is 94.8 cm³/mol. The number of methoxy groups -OCH3 is 1. The molecule has 2 heterocycles. The van der Waals surface area contributed by atoms with Gasteiger partial charge < -0.3 is 19.6 Å². The Morgan fingerprint density at radius 3 is 2.74 bits per heavy atom. The average molecular weight is 376 g/mol. The van der Waals surface area contributed by atoms with Crippen LogP contribution in [0.2, 0.25) is 0 Å². The predicted octanol–water partition coefficient (Wildman–Crippen LogP) is 1.85. The van der Waals surface area contributed by atoms with Gasteiger partial charge in [0.15, 0.2) is 5.96 Å². The van der Waals surface area contributed by atoms with Crippen molar-refractivity contribution in [1.82, 2.24) is 9.88 Å². The quantitative estimate of drug-likeness (QED) is 0.825. The van der Waals surface area contributed by atoms with Crippen LogP contribution >= 0.6 is 0 Å².